The summed E-state index contributed by atoms with van der Waals surface area (Å²) in [6.07, 6.45) is 8.92. The van der Waals surface area contributed by atoms with Crippen LogP contribution in [0.4, 0.5) is 4.79 Å². The third kappa shape index (κ3) is 6.60. The third-order valence-corrected chi connectivity index (χ3v) is 6.74. The summed E-state index contributed by atoms with van der Waals surface area (Å²) in [6, 6.07) is 13.3. The number of hydrogen-bond acceptors (Lipinski definition) is 4. The number of nitrogens with one attached hydrogen (secondary N) is 2. The van der Waals surface area contributed by atoms with Crippen LogP contribution in [0.25, 0.3) is 0 Å². The summed E-state index contributed by atoms with van der Waals surface area (Å²) >= 11 is 0. The summed E-state index contributed by atoms with van der Waals surface area (Å²) in [4.78, 5) is 29.9. The van der Waals surface area contributed by atoms with E-state index in [-0.39, 0.29) is 24.0 Å². The van der Waals surface area contributed by atoms with Crippen molar-refractivity contribution in [2.45, 2.75) is 57.0 Å². The number of carbonyl (C=O) groups excluding carboxylic acids is 2. The number of amides is 3. The van der Waals surface area contributed by atoms with Gasteiger partial charge in [-0.3, -0.25) is 9.69 Å². The molecule has 1 aromatic heterocycles. The van der Waals surface area contributed by atoms with Gasteiger partial charge >= 0.3 is 6.03 Å². The number of rotatable bonds is 8. The van der Waals surface area contributed by atoms with Crippen LogP contribution < -0.4 is 10.6 Å². The lowest BCUT2D eigenvalue weighted by molar-refractivity contribution is -0.131. The van der Waals surface area contributed by atoms with Gasteiger partial charge in [-0.1, -0.05) is 43.2 Å². The Balaban J connectivity index is 1.41. The lowest BCUT2D eigenvalue weighted by atomic mass is 10.1. The number of hydrogen-bond donors (Lipinski definition) is 2. The lowest BCUT2D eigenvalue weighted by Gasteiger charge is -2.33. The highest BCUT2D eigenvalue weighted by atomic mass is 16.3. The molecule has 33 heavy (non-hydrogen) atoms. The molecule has 2 aliphatic rings. The summed E-state index contributed by atoms with van der Waals surface area (Å²) in [7, 11) is 0. The zero-order valence-electron chi connectivity index (χ0n) is 19.4. The van der Waals surface area contributed by atoms with E-state index in [1.165, 1.54) is 19.3 Å². The smallest absolute Gasteiger partial charge is 0.315 e. The Morgan fingerprint density at radius 1 is 0.939 bits per heavy atom. The molecule has 0 bridgehead atoms. The number of urea groups is 1. The Morgan fingerprint density at radius 2 is 1.70 bits per heavy atom. The first-order valence-electron chi connectivity index (χ1n) is 12.4. The number of benzene rings is 1. The van der Waals surface area contributed by atoms with E-state index in [1.807, 2.05) is 47.4 Å². The van der Waals surface area contributed by atoms with Crippen LogP contribution in [-0.2, 0) is 4.79 Å². The summed E-state index contributed by atoms with van der Waals surface area (Å²) in [5.74, 6) is 1.06. The number of likely N-dealkylation sites (tertiary alicyclic amines) is 2. The Bertz CT molecular complexity index is 865. The normalized spacial score (nSPS) is 19.5. The molecule has 3 heterocycles. The van der Waals surface area contributed by atoms with E-state index < -0.39 is 0 Å². The molecular weight excluding hydrogens is 416 g/mol. The van der Waals surface area contributed by atoms with Crippen molar-refractivity contribution in [2.24, 2.45) is 0 Å². The molecule has 3 amide bonds. The minimum Gasteiger partial charge on any atom is -0.468 e. The fraction of sp³-hybridized carbons (Fsp3) is 0.538. The van der Waals surface area contributed by atoms with E-state index in [4.69, 9.17) is 4.42 Å². The molecule has 2 N–H and O–H groups in total. The zero-order valence-corrected chi connectivity index (χ0v) is 19.4. The second-order valence-corrected chi connectivity index (χ2v) is 9.10. The van der Waals surface area contributed by atoms with Crippen molar-refractivity contribution in [3.8, 4) is 0 Å². The van der Waals surface area contributed by atoms with E-state index >= 15 is 0 Å². The standard InChI is InChI=1S/C26H36N4O3/c31-25-14-6-2-7-17-30(25)20-22(21-11-4-1-5-12-21)28-26(32)27-19-23(24-13-10-18-33-24)29-15-8-3-9-16-29/h1,4-5,10-13,18,22-23H,2-3,6-9,14-17,19-20H2,(H2,27,28,32). The van der Waals surface area contributed by atoms with Crippen LogP contribution in [0.3, 0.4) is 0 Å². The minimum atomic E-state index is -0.259. The molecule has 7 heteroatoms. The van der Waals surface area contributed by atoms with E-state index in [1.54, 1.807) is 6.26 Å². The van der Waals surface area contributed by atoms with Gasteiger partial charge in [0.1, 0.15) is 5.76 Å². The van der Waals surface area contributed by atoms with Crippen molar-refractivity contribution >= 4 is 11.9 Å². The fourth-order valence-electron chi connectivity index (χ4n) is 4.89. The molecule has 4 rings (SSSR count). The molecule has 2 atom stereocenters. The van der Waals surface area contributed by atoms with Crippen LogP contribution in [0.2, 0.25) is 0 Å². The van der Waals surface area contributed by atoms with Crippen molar-refractivity contribution in [3.05, 3.63) is 60.1 Å². The van der Waals surface area contributed by atoms with Gasteiger partial charge in [0.25, 0.3) is 0 Å². The van der Waals surface area contributed by atoms with Crippen LogP contribution in [0.15, 0.2) is 53.1 Å². The average molecular weight is 453 g/mol. The average Bonchev–Trinajstić information content (AvgIpc) is 3.30. The van der Waals surface area contributed by atoms with Crippen molar-refractivity contribution in [1.29, 1.82) is 0 Å². The highest BCUT2D eigenvalue weighted by molar-refractivity contribution is 5.77. The maximum Gasteiger partial charge on any atom is 0.315 e. The molecule has 0 radical (unpaired) electrons. The first kappa shape index (κ1) is 23.4. The van der Waals surface area contributed by atoms with Gasteiger partial charge in [-0.25, -0.2) is 4.79 Å². The van der Waals surface area contributed by atoms with Crippen molar-refractivity contribution in [1.82, 2.24) is 20.4 Å². The molecule has 2 saturated heterocycles. The second-order valence-electron chi connectivity index (χ2n) is 9.10. The topological polar surface area (TPSA) is 77.8 Å². The van der Waals surface area contributed by atoms with Crippen LogP contribution in [0.1, 0.15) is 68.4 Å². The lowest BCUT2D eigenvalue weighted by Crippen LogP contribution is -2.47. The first-order valence-corrected chi connectivity index (χ1v) is 12.4. The molecule has 0 saturated carbocycles. The molecule has 7 nitrogen and oxygen atoms in total. The Morgan fingerprint density at radius 3 is 2.45 bits per heavy atom. The number of piperidine rings is 1. The molecule has 2 aromatic rings. The zero-order chi connectivity index (χ0) is 22.9. The summed E-state index contributed by atoms with van der Waals surface area (Å²) in [5, 5.41) is 6.21. The van der Waals surface area contributed by atoms with Crippen molar-refractivity contribution < 1.29 is 14.0 Å². The highest BCUT2D eigenvalue weighted by Gasteiger charge is 2.26. The summed E-state index contributed by atoms with van der Waals surface area (Å²) in [5.41, 5.74) is 1.00. The van der Waals surface area contributed by atoms with Crippen LogP contribution >= 0.6 is 0 Å². The summed E-state index contributed by atoms with van der Waals surface area (Å²) in [6.45, 7) is 3.74. The van der Waals surface area contributed by atoms with Gasteiger partial charge in [-0.2, -0.15) is 0 Å². The van der Waals surface area contributed by atoms with Gasteiger partial charge in [0.2, 0.25) is 5.91 Å². The van der Waals surface area contributed by atoms with Crippen LogP contribution in [0.5, 0.6) is 0 Å². The Labute approximate surface area is 196 Å². The van der Waals surface area contributed by atoms with Gasteiger partial charge in [0.15, 0.2) is 0 Å². The quantitative estimate of drug-likeness (QED) is 0.628. The number of nitrogens with zero attached hydrogens (tertiary/aromatic N) is 2. The molecule has 0 spiro atoms. The van der Waals surface area contributed by atoms with E-state index in [0.29, 0.717) is 19.5 Å². The van der Waals surface area contributed by atoms with Gasteiger partial charge in [0, 0.05) is 26.1 Å². The van der Waals surface area contributed by atoms with Crippen molar-refractivity contribution in [3.63, 3.8) is 0 Å². The Kier molecular flexibility index (Phi) is 8.41. The fourth-order valence-corrected chi connectivity index (χ4v) is 4.89. The monoisotopic (exact) mass is 452 g/mol. The minimum absolute atomic E-state index is 0.0217. The van der Waals surface area contributed by atoms with E-state index in [9.17, 15) is 9.59 Å². The molecule has 178 valence electrons. The summed E-state index contributed by atoms with van der Waals surface area (Å²) < 4.78 is 5.70. The Hall–Kier alpha value is -2.80. The molecule has 2 unspecified atom stereocenters. The molecular formula is C26H36N4O3. The predicted octanol–water partition coefficient (Wildman–Crippen LogP) is 4.25. The number of furan rings is 1. The molecule has 2 fully saturated rings. The molecule has 2 aliphatic heterocycles. The van der Waals surface area contributed by atoms with E-state index in [2.05, 4.69) is 15.5 Å². The molecule has 0 aliphatic carbocycles. The number of carbonyl (C=O) groups is 2. The van der Waals surface area contributed by atoms with Gasteiger partial charge in [-0.15, -0.1) is 0 Å². The van der Waals surface area contributed by atoms with Crippen LogP contribution in [-0.4, -0.2) is 54.5 Å². The van der Waals surface area contributed by atoms with Gasteiger partial charge in [-0.05, 0) is 56.5 Å². The largest absolute Gasteiger partial charge is 0.468 e. The van der Waals surface area contributed by atoms with Gasteiger partial charge < -0.3 is 20.0 Å². The SMILES string of the molecule is O=C(NCC(c1ccco1)N1CCCCC1)NC(CN1CCCCCC1=O)c1ccccc1. The maximum absolute atomic E-state index is 13.0. The highest BCUT2D eigenvalue weighted by Crippen LogP contribution is 2.24. The molecule has 1 aromatic carbocycles. The first-order chi connectivity index (χ1) is 16.2. The predicted molar refractivity (Wildman–Crippen MR) is 128 cm³/mol. The van der Waals surface area contributed by atoms with Gasteiger partial charge in [0.05, 0.1) is 18.3 Å². The van der Waals surface area contributed by atoms with Crippen LogP contribution in [0, 0.1) is 0 Å². The third-order valence-electron chi connectivity index (χ3n) is 6.74. The maximum atomic E-state index is 13.0. The van der Waals surface area contributed by atoms with E-state index in [0.717, 1.165) is 50.2 Å². The second kappa shape index (κ2) is 11.9. The van der Waals surface area contributed by atoms with Crippen molar-refractivity contribution in [2.75, 3.05) is 32.7 Å².